The molecule has 83 heavy (non-hydrogen) atoms. The fourth-order valence-electron chi connectivity index (χ4n) is 9.49. The van der Waals surface area contributed by atoms with Gasteiger partial charge >= 0.3 is 17.9 Å². The summed E-state index contributed by atoms with van der Waals surface area (Å²) in [5.41, 5.74) is 0. The van der Waals surface area contributed by atoms with Crippen molar-refractivity contribution in [3.63, 3.8) is 0 Å². The van der Waals surface area contributed by atoms with Gasteiger partial charge in [-0.3, -0.25) is 14.4 Å². The third kappa shape index (κ3) is 68.2. The van der Waals surface area contributed by atoms with Gasteiger partial charge in [-0.15, -0.1) is 0 Å². The Kier molecular flexibility index (Phi) is 66.3. The second-order valence-electron chi connectivity index (χ2n) is 22.7. The van der Waals surface area contributed by atoms with Gasteiger partial charge in [-0.2, -0.15) is 0 Å². The summed E-state index contributed by atoms with van der Waals surface area (Å²) < 4.78 is 16.9. The van der Waals surface area contributed by atoms with Crippen LogP contribution in [0.4, 0.5) is 0 Å². The maximum absolute atomic E-state index is 12.9. The number of allylic oxidation sites excluding steroid dienone is 22. The number of esters is 3. The van der Waals surface area contributed by atoms with Crippen molar-refractivity contribution in [2.75, 3.05) is 13.2 Å². The molecule has 0 spiro atoms. The van der Waals surface area contributed by atoms with E-state index in [1.807, 2.05) is 0 Å². The quantitative estimate of drug-likeness (QED) is 0.0261. The second-order valence-corrected chi connectivity index (χ2v) is 22.7. The lowest BCUT2D eigenvalue weighted by Crippen LogP contribution is -2.30. The second kappa shape index (κ2) is 70.0. The van der Waals surface area contributed by atoms with Crippen molar-refractivity contribution in [3.8, 4) is 0 Å². The zero-order valence-electron chi connectivity index (χ0n) is 54.2. The summed E-state index contributed by atoms with van der Waals surface area (Å²) in [7, 11) is 0. The molecule has 0 aromatic heterocycles. The molecule has 0 radical (unpaired) electrons. The average Bonchev–Trinajstić information content (AvgIpc) is 3.49. The summed E-state index contributed by atoms with van der Waals surface area (Å²) in [6.45, 7) is 6.39. The topological polar surface area (TPSA) is 78.9 Å². The van der Waals surface area contributed by atoms with Crippen LogP contribution in [0, 0.1) is 0 Å². The van der Waals surface area contributed by atoms with Crippen molar-refractivity contribution in [3.05, 3.63) is 134 Å². The SMILES string of the molecule is CC/C=C\C/C=C\C/C=C\C/C=C\C/C=C\CCCCCCCCCCCCCCCC(=O)OCC(COC(=O)CCCCC/C=C\C/C=C\C/C=C\CC)OC(=O)CCCCCCCCCC/C=C\C/C=C\C/C=C\CCCCCCC. The van der Waals surface area contributed by atoms with E-state index in [9.17, 15) is 14.4 Å². The molecular formula is C77H128O6. The zero-order chi connectivity index (χ0) is 59.9. The molecule has 472 valence electrons. The largest absolute Gasteiger partial charge is 0.462 e. The normalized spacial score (nSPS) is 13.0. The van der Waals surface area contributed by atoms with E-state index >= 15 is 0 Å². The van der Waals surface area contributed by atoms with Gasteiger partial charge in [0.15, 0.2) is 6.10 Å². The highest BCUT2D eigenvalue weighted by Gasteiger charge is 2.19. The highest BCUT2D eigenvalue weighted by atomic mass is 16.6. The summed E-state index contributed by atoms with van der Waals surface area (Å²) in [6, 6.07) is 0. The van der Waals surface area contributed by atoms with Crippen LogP contribution in [0.25, 0.3) is 0 Å². The number of hydrogen-bond acceptors (Lipinski definition) is 6. The van der Waals surface area contributed by atoms with Crippen LogP contribution in [0.1, 0.15) is 316 Å². The summed E-state index contributed by atoms with van der Waals surface area (Å²) in [6.07, 6.45) is 99.0. The minimum atomic E-state index is -0.800. The van der Waals surface area contributed by atoms with Crippen LogP contribution in [0.15, 0.2) is 134 Å². The van der Waals surface area contributed by atoms with Gasteiger partial charge in [-0.25, -0.2) is 0 Å². The van der Waals surface area contributed by atoms with Crippen LogP contribution < -0.4 is 0 Å². The minimum absolute atomic E-state index is 0.0933. The monoisotopic (exact) mass is 1150 g/mol. The highest BCUT2D eigenvalue weighted by Crippen LogP contribution is 2.16. The predicted molar refractivity (Wildman–Crippen MR) is 362 cm³/mol. The molecule has 6 heteroatoms. The van der Waals surface area contributed by atoms with Crippen molar-refractivity contribution in [1.82, 2.24) is 0 Å². The van der Waals surface area contributed by atoms with Gasteiger partial charge in [0.2, 0.25) is 0 Å². The van der Waals surface area contributed by atoms with Crippen molar-refractivity contribution in [2.45, 2.75) is 322 Å². The fourth-order valence-corrected chi connectivity index (χ4v) is 9.49. The van der Waals surface area contributed by atoms with Crippen LogP contribution in [0.2, 0.25) is 0 Å². The Bertz CT molecular complexity index is 1750. The maximum Gasteiger partial charge on any atom is 0.306 e. The molecule has 0 fully saturated rings. The van der Waals surface area contributed by atoms with Gasteiger partial charge in [0.05, 0.1) is 0 Å². The predicted octanol–water partition coefficient (Wildman–Crippen LogP) is 24.1. The lowest BCUT2D eigenvalue weighted by molar-refractivity contribution is -0.167. The fraction of sp³-hybridized carbons (Fsp3) is 0.675. The molecule has 0 aromatic rings. The Morgan fingerprint density at radius 2 is 0.470 bits per heavy atom. The summed E-state index contributed by atoms with van der Waals surface area (Å²) >= 11 is 0. The van der Waals surface area contributed by atoms with E-state index < -0.39 is 6.10 Å². The van der Waals surface area contributed by atoms with Crippen molar-refractivity contribution in [2.24, 2.45) is 0 Å². The molecule has 1 atom stereocenters. The first kappa shape index (κ1) is 78.5. The molecule has 0 N–H and O–H groups in total. The van der Waals surface area contributed by atoms with E-state index in [1.165, 1.54) is 141 Å². The third-order valence-corrected chi connectivity index (χ3v) is 14.6. The molecule has 0 aromatic carbocycles. The lowest BCUT2D eigenvalue weighted by atomic mass is 10.0. The van der Waals surface area contributed by atoms with Gasteiger partial charge in [0.25, 0.3) is 0 Å². The zero-order valence-corrected chi connectivity index (χ0v) is 54.2. The van der Waals surface area contributed by atoms with Crippen molar-refractivity contribution in [1.29, 1.82) is 0 Å². The van der Waals surface area contributed by atoms with E-state index in [1.54, 1.807) is 0 Å². The standard InChI is InChI=1S/C77H128O6/c1-4-7-10-13-16-19-22-25-27-29-31-33-35-36-37-38-39-40-42-43-45-47-49-52-55-58-61-64-67-70-76(79)82-73-74(72-81-75(78)69-66-63-60-57-54-51-24-21-18-15-12-9-6-3)83-77(80)71-68-65-62-59-56-53-50-48-46-44-41-34-32-30-28-26-23-20-17-14-11-8-5-2/h7,9-10,12,16,18-19,21,23,25-27,30-33,36-37,41,44,51,54,74H,4-6,8,11,13-15,17,20,22,24,28-29,34-35,38-40,42-43,45-50,52-53,55-73H2,1-3H3/b10-7-,12-9-,19-16-,21-18-,26-23-,27-25-,32-30-,33-31-,37-36-,44-41-,54-51-. The minimum Gasteiger partial charge on any atom is -0.462 e. The number of unbranched alkanes of at least 4 members (excludes halogenated alkanes) is 29. The van der Waals surface area contributed by atoms with Crippen molar-refractivity contribution >= 4 is 17.9 Å². The lowest BCUT2D eigenvalue weighted by Gasteiger charge is -2.18. The molecule has 1 unspecified atom stereocenters. The van der Waals surface area contributed by atoms with E-state index in [-0.39, 0.29) is 31.1 Å². The van der Waals surface area contributed by atoms with Crippen LogP contribution in [-0.4, -0.2) is 37.2 Å². The number of carbonyl (C=O) groups is 3. The number of ether oxygens (including phenoxy) is 3. The van der Waals surface area contributed by atoms with Gasteiger partial charge in [0, 0.05) is 19.3 Å². The molecule has 0 rings (SSSR count). The van der Waals surface area contributed by atoms with Crippen LogP contribution in [0.5, 0.6) is 0 Å². The maximum atomic E-state index is 12.9. The molecule has 0 aliphatic rings. The number of carbonyl (C=O) groups excluding carboxylic acids is 3. The van der Waals surface area contributed by atoms with E-state index in [2.05, 4.69) is 154 Å². The first-order valence-corrected chi connectivity index (χ1v) is 34.7. The third-order valence-electron chi connectivity index (χ3n) is 14.6. The van der Waals surface area contributed by atoms with Crippen LogP contribution >= 0.6 is 0 Å². The van der Waals surface area contributed by atoms with Gasteiger partial charge in [0.1, 0.15) is 13.2 Å². The molecule has 0 aliphatic carbocycles. The van der Waals surface area contributed by atoms with Gasteiger partial charge < -0.3 is 14.2 Å². The van der Waals surface area contributed by atoms with Crippen molar-refractivity contribution < 1.29 is 28.6 Å². The van der Waals surface area contributed by atoms with Crippen LogP contribution in [-0.2, 0) is 28.6 Å². The number of rotatable bonds is 62. The molecule has 0 saturated heterocycles. The molecule has 6 nitrogen and oxygen atoms in total. The van der Waals surface area contributed by atoms with E-state index in [0.717, 1.165) is 135 Å². The Morgan fingerprint density at radius 3 is 0.747 bits per heavy atom. The smallest absolute Gasteiger partial charge is 0.306 e. The summed E-state index contributed by atoms with van der Waals surface area (Å²) in [4.78, 5) is 38.4. The Balaban J connectivity index is 4.32. The summed E-state index contributed by atoms with van der Waals surface area (Å²) in [5.74, 6) is -0.926. The first-order valence-electron chi connectivity index (χ1n) is 34.7. The van der Waals surface area contributed by atoms with E-state index in [4.69, 9.17) is 14.2 Å². The molecule has 0 saturated carbocycles. The van der Waals surface area contributed by atoms with Gasteiger partial charge in [-0.1, -0.05) is 296 Å². The molecule has 0 amide bonds. The van der Waals surface area contributed by atoms with Crippen LogP contribution in [0.3, 0.4) is 0 Å². The highest BCUT2D eigenvalue weighted by molar-refractivity contribution is 5.71. The Hall–Kier alpha value is -4.45. The Morgan fingerprint density at radius 1 is 0.253 bits per heavy atom. The first-order chi connectivity index (χ1) is 41.0. The molecular weight excluding hydrogens is 1020 g/mol. The average molecular weight is 1150 g/mol. The number of hydrogen-bond donors (Lipinski definition) is 0. The molecule has 0 heterocycles. The Labute approximate surface area is 513 Å². The molecule has 0 bridgehead atoms. The van der Waals surface area contributed by atoms with Gasteiger partial charge in [-0.05, 0) is 135 Å². The molecule has 0 aliphatic heterocycles. The summed E-state index contributed by atoms with van der Waals surface area (Å²) in [5, 5.41) is 0. The van der Waals surface area contributed by atoms with E-state index in [0.29, 0.717) is 19.3 Å².